The Bertz CT molecular complexity index is 646. The predicted octanol–water partition coefficient (Wildman–Crippen LogP) is 1.23. The molecule has 0 radical (unpaired) electrons. The maximum atomic E-state index is 13.1. The van der Waals surface area contributed by atoms with Gasteiger partial charge in [-0.15, -0.1) is 6.58 Å². The molecule has 1 saturated carbocycles. The van der Waals surface area contributed by atoms with Gasteiger partial charge in [-0.1, -0.05) is 25.3 Å². The van der Waals surface area contributed by atoms with E-state index in [0.29, 0.717) is 32.5 Å². The summed E-state index contributed by atoms with van der Waals surface area (Å²) in [5.74, 6) is 0.281. The third-order valence-electron chi connectivity index (χ3n) is 6.77. The fourth-order valence-electron chi connectivity index (χ4n) is 5.26. The van der Waals surface area contributed by atoms with Gasteiger partial charge in [0, 0.05) is 31.5 Å². The van der Waals surface area contributed by atoms with Gasteiger partial charge < -0.3 is 19.9 Å². The van der Waals surface area contributed by atoms with Crippen LogP contribution >= 0.6 is 0 Å². The number of amides is 3. The maximum Gasteiger partial charge on any atom is 0.246 e. The molecule has 0 bridgehead atoms. The minimum Gasteiger partial charge on any atom is -0.372 e. The van der Waals surface area contributed by atoms with E-state index in [1.807, 2.05) is 0 Å². The van der Waals surface area contributed by atoms with Crippen LogP contribution in [0, 0.1) is 5.92 Å². The molecule has 0 aromatic heterocycles. The highest BCUT2D eigenvalue weighted by molar-refractivity contribution is 5.97. The Balaban J connectivity index is 1.38. The number of hydrogen-bond acceptors (Lipinski definition) is 4. The lowest BCUT2D eigenvalue weighted by Crippen LogP contribution is -2.66. The number of nitrogens with zero attached hydrogens (tertiary/aromatic N) is 2. The van der Waals surface area contributed by atoms with Gasteiger partial charge in [0.1, 0.15) is 12.1 Å². The highest BCUT2D eigenvalue weighted by Crippen LogP contribution is 2.33. The first kappa shape index (κ1) is 19.4. The lowest BCUT2D eigenvalue weighted by Gasteiger charge is -2.46. The highest BCUT2D eigenvalue weighted by Gasteiger charge is 2.52. The molecule has 154 valence electrons. The lowest BCUT2D eigenvalue weighted by molar-refractivity contribution is -0.162. The SMILES string of the molecule is C=CCOC1CC2C(=O)N3CCC(NC(=O)C4CCCCC4)CC3C(=O)N2C1. The zero-order valence-electron chi connectivity index (χ0n) is 16.5. The van der Waals surface area contributed by atoms with E-state index in [-0.39, 0.29) is 35.8 Å². The fraction of sp³-hybridized carbons (Fsp3) is 0.762. The first-order valence-corrected chi connectivity index (χ1v) is 10.7. The second-order valence-electron chi connectivity index (χ2n) is 8.60. The van der Waals surface area contributed by atoms with E-state index < -0.39 is 12.1 Å². The molecule has 4 rings (SSSR count). The van der Waals surface area contributed by atoms with Crippen LogP contribution in [0.1, 0.15) is 51.4 Å². The molecule has 0 spiro atoms. The fourth-order valence-corrected chi connectivity index (χ4v) is 5.26. The van der Waals surface area contributed by atoms with Crippen molar-refractivity contribution in [3.63, 3.8) is 0 Å². The summed E-state index contributed by atoms with van der Waals surface area (Å²) in [6.45, 7) is 5.08. The molecule has 0 aromatic rings. The molecule has 1 N–H and O–H groups in total. The summed E-state index contributed by atoms with van der Waals surface area (Å²) in [7, 11) is 0. The van der Waals surface area contributed by atoms with Gasteiger partial charge in [0.25, 0.3) is 0 Å². The molecule has 3 saturated heterocycles. The van der Waals surface area contributed by atoms with Crippen LogP contribution in [-0.2, 0) is 19.1 Å². The standard InChI is InChI=1S/C21H31N3O4/c1-2-10-28-16-12-18-20(26)23-9-8-15(11-17(23)21(27)24(18)13-16)22-19(25)14-6-4-3-5-7-14/h2,14-18H,1,3-13H2,(H,22,25). The van der Waals surface area contributed by atoms with Gasteiger partial charge >= 0.3 is 0 Å². The predicted molar refractivity (Wildman–Crippen MR) is 103 cm³/mol. The summed E-state index contributed by atoms with van der Waals surface area (Å²) in [5.41, 5.74) is 0. The van der Waals surface area contributed by atoms with Crippen molar-refractivity contribution in [3.05, 3.63) is 12.7 Å². The number of ether oxygens (including phenoxy) is 1. The van der Waals surface area contributed by atoms with E-state index in [9.17, 15) is 14.4 Å². The van der Waals surface area contributed by atoms with Crippen LogP contribution in [0.2, 0.25) is 0 Å². The zero-order chi connectivity index (χ0) is 19.7. The minimum atomic E-state index is -0.452. The quantitative estimate of drug-likeness (QED) is 0.718. The monoisotopic (exact) mass is 389 g/mol. The largest absolute Gasteiger partial charge is 0.372 e. The van der Waals surface area contributed by atoms with E-state index in [4.69, 9.17) is 4.74 Å². The normalized spacial score (nSPS) is 33.4. The number of carbonyl (C=O) groups is 3. The van der Waals surface area contributed by atoms with Crippen molar-refractivity contribution in [1.29, 1.82) is 0 Å². The second-order valence-corrected chi connectivity index (χ2v) is 8.60. The van der Waals surface area contributed by atoms with Crippen molar-refractivity contribution in [1.82, 2.24) is 15.1 Å². The van der Waals surface area contributed by atoms with Crippen LogP contribution in [-0.4, -0.2) is 71.4 Å². The Morgan fingerprint density at radius 3 is 2.54 bits per heavy atom. The van der Waals surface area contributed by atoms with Crippen LogP contribution in [0.4, 0.5) is 0 Å². The zero-order valence-corrected chi connectivity index (χ0v) is 16.5. The van der Waals surface area contributed by atoms with Crippen molar-refractivity contribution in [2.75, 3.05) is 19.7 Å². The number of piperazine rings is 1. The highest BCUT2D eigenvalue weighted by atomic mass is 16.5. The van der Waals surface area contributed by atoms with E-state index in [1.165, 1.54) is 6.42 Å². The van der Waals surface area contributed by atoms with Crippen LogP contribution in [0.25, 0.3) is 0 Å². The maximum absolute atomic E-state index is 13.1. The van der Waals surface area contributed by atoms with Gasteiger partial charge in [0.05, 0.1) is 12.7 Å². The molecule has 4 atom stereocenters. The Morgan fingerprint density at radius 2 is 1.79 bits per heavy atom. The van der Waals surface area contributed by atoms with Gasteiger partial charge in [-0.2, -0.15) is 0 Å². The molecular weight excluding hydrogens is 358 g/mol. The average molecular weight is 389 g/mol. The topological polar surface area (TPSA) is 79.0 Å². The molecule has 1 aliphatic carbocycles. The van der Waals surface area contributed by atoms with E-state index in [1.54, 1.807) is 15.9 Å². The molecule has 7 nitrogen and oxygen atoms in total. The van der Waals surface area contributed by atoms with E-state index in [0.717, 1.165) is 32.1 Å². The van der Waals surface area contributed by atoms with Crippen molar-refractivity contribution in [3.8, 4) is 0 Å². The Hall–Kier alpha value is -1.89. The molecule has 4 aliphatic rings. The molecule has 3 aliphatic heterocycles. The smallest absolute Gasteiger partial charge is 0.246 e. The molecule has 3 heterocycles. The molecule has 7 heteroatoms. The molecule has 4 fully saturated rings. The van der Waals surface area contributed by atoms with Gasteiger partial charge in [-0.25, -0.2) is 0 Å². The molecule has 28 heavy (non-hydrogen) atoms. The van der Waals surface area contributed by atoms with Crippen molar-refractivity contribution in [2.24, 2.45) is 5.92 Å². The Labute approximate surface area is 166 Å². The third-order valence-corrected chi connectivity index (χ3v) is 6.77. The number of hydrogen-bond donors (Lipinski definition) is 1. The molecule has 3 amide bonds. The Morgan fingerprint density at radius 1 is 1.07 bits per heavy atom. The van der Waals surface area contributed by atoms with Crippen molar-refractivity contribution < 1.29 is 19.1 Å². The summed E-state index contributed by atoms with van der Waals surface area (Å²) in [6.07, 6.45) is 8.76. The summed E-state index contributed by atoms with van der Waals surface area (Å²) >= 11 is 0. The van der Waals surface area contributed by atoms with Gasteiger partial charge in [0.15, 0.2) is 0 Å². The molecule has 0 aromatic carbocycles. The van der Waals surface area contributed by atoms with Crippen LogP contribution < -0.4 is 5.32 Å². The van der Waals surface area contributed by atoms with Crippen molar-refractivity contribution in [2.45, 2.75) is 75.6 Å². The van der Waals surface area contributed by atoms with E-state index >= 15 is 0 Å². The van der Waals surface area contributed by atoms with Crippen LogP contribution in [0.5, 0.6) is 0 Å². The van der Waals surface area contributed by atoms with Crippen LogP contribution in [0.3, 0.4) is 0 Å². The number of nitrogens with one attached hydrogen (secondary N) is 1. The summed E-state index contributed by atoms with van der Waals surface area (Å²) in [6, 6.07) is -0.876. The summed E-state index contributed by atoms with van der Waals surface area (Å²) in [4.78, 5) is 42.1. The lowest BCUT2D eigenvalue weighted by atomic mass is 9.87. The Kier molecular flexibility index (Phi) is 5.71. The van der Waals surface area contributed by atoms with E-state index in [2.05, 4.69) is 11.9 Å². The van der Waals surface area contributed by atoms with Gasteiger partial charge in [0.2, 0.25) is 17.7 Å². The number of fused-ring (bicyclic) bond motifs is 2. The second kappa shape index (κ2) is 8.23. The first-order chi connectivity index (χ1) is 13.6. The van der Waals surface area contributed by atoms with Crippen LogP contribution in [0.15, 0.2) is 12.7 Å². The first-order valence-electron chi connectivity index (χ1n) is 10.7. The number of rotatable bonds is 5. The average Bonchev–Trinajstić information content (AvgIpc) is 3.16. The van der Waals surface area contributed by atoms with Gasteiger partial charge in [-0.3, -0.25) is 14.4 Å². The molecular formula is C21H31N3O4. The van der Waals surface area contributed by atoms with Gasteiger partial charge in [-0.05, 0) is 25.7 Å². The number of carbonyl (C=O) groups excluding carboxylic acids is 3. The minimum absolute atomic E-state index is 0.00548. The summed E-state index contributed by atoms with van der Waals surface area (Å²) < 4.78 is 5.70. The number of piperidine rings is 1. The third kappa shape index (κ3) is 3.69. The molecule has 4 unspecified atom stereocenters. The summed E-state index contributed by atoms with van der Waals surface area (Å²) in [5, 5.41) is 3.17. The van der Waals surface area contributed by atoms with Crippen molar-refractivity contribution >= 4 is 17.7 Å².